The number of nitrogens with zero attached hydrogens (tertiary/aromatic N) is 4. The van der Waals surface area contributed by atoms with Crippen LogP contribution in [-0.4, -0.2) is 83.5 Å². The van der Waals surface area contributed by atoms with Crippen molar-refractivity contribution in [2.45, 2.75) is 52.6 Å². The summed E-state index contributed by atoms with van der Waals surface area (Å²) in [5, 5.41) is 18.2. The fourth-order valence-corrected chi connectivity index (χ4v) is 9.94. The zero-order valence-corrected chi connectivity index (χ0v) is 27.2. The number of hydrogen-bond acceptors (Lipinski definition) is 9. The first-order valence-electron chi connectivity index (χ1n) is 16.8. The maximum Gasteiger partial charge on any atom is 0.226 e. The Kier molecular flexibility index (Phi) is 8.78. The molecule has 6 rings (SSSR count). The number of piperazine rings is 1. The lowest BCUT2D eigenvalue weighted by atomic mass is 9.46. The first-order chi connectivity index (χ1) is 21.6. The van der Waals surface area contributed by atoms with Crippen LogP contribution in [0.3, 0.4) is 0 Å². The summed E-state index contributed by atoms with van der Waals surface area (Å²) in [6.07, 6.45) is 12.2. The van der Waals surface area contributed by atoms with E-state index >= 15 is 0 Å². The lowest BCUT2D eigenvalue weighted by Gasteiger charge is -2.58. The van der Waals surface area contributed by atoms with E-state index in [-0.39, 0.29) is 34.4 Å². The van der Waals surface area contributed by atoms with Crippen LogP contribution in [0.5, 0.6) is 0 Å². The molecule has 8 atom stereocenters. The summed E-state index contributed by atoms with van der Waals surface area (Å²) in [4.78, 5) is 40.2. The largest absolute Gasteiger partial charge is 0.393 e. The summed E-state index contributed by atoms with van der Waals surface area (Å²) in [6.45, 7) is 19.1. The maximum absolute atomic E-state index is 14.2. The molecule has 4 fully saturated rings. The summed E-state index contributed by atoms with van der Waals surface area (Å²) in [5.41, 5.74) is 0.680. The molecule has 1 saturated heterocycles. The number of nitrogens with one attached hydrogen (secondary N) is 2. The lowest BCUT2D eigenvalue weighted by molar-refractivity contribution is -0.141. The molecule has 45 heavy (non-hydrogen) atoms. The van der Waals surface area contributed by atoms with E-state index in [1.807, 2.05) is 12.1 Å². The molecule has 0 unspecified atom stereocenters. The predicted molar refractivity (Wildman–Crippen MR) is 179 cm³/mol. The number of aromatic nitrogens is 2. The van der Waals surface area contributed by atoms with Gasteiger partial charge in [0, 0.05) is 62.6 Å². The second-order valence-corrected chi connectivity index (χ2v) is 14.5. The van der Waals surface area contributed by atoms with Gasteiger partial charge >= 0.3 is 0 Å². The van der Waals surface area contributed by atoms with Crippen molar-refractivity contribution < 1.29 is 14.7 Å². The third-order valence-corrected chi connectivity index (χ3v) is 11.8. The van der Waals surface area contributed by atoms with E-state index in [2.05, 4.69) is 65.4 Å². The minimum absolute atomic E-state index is 0.0526. The van der Waals surface area contributed by atoms with Crippen LogP contribution < -0.4 is 15.5 Å². The summed E-state index contributed by atoms with van der Waals surface area (Å²) in [5.74, 6) is 3.63. The van der Waals surface area contributed by atoms with Gasteiger partial charge in [0.1, 0.15) is 11.6 Å². The number of aliphatic hydroxyl groups excluding tert-OH is 1. The Balaban J connectivity index is 1.12. The Hall–Kier alpha value is -3.30. The summed E-state index contributed by atoms with van der Waals surface area (Å²) < 4.78 is 0. The summed E-state index contributed by atoms with van der Waals surface area (Å²) in [7, 11) is 0. The van der Waals surface area contributed by atoms with Gasteiger partial charge in [-0.1, -0.05) is 44.6 Å². The molecule has 2 heterocycles. The normalized spacial score (nSPS) is 36.0. The highest BCUT2D eigenvalue weighted by Crippen LogP contribution is 2.67. The molecule has 1 aliphatic heterocycles. The van der Waals surface area contributed by atoms with E-state index in [1.165, 1.54) is 5.57 Å². The molecule has 1 aromatic heterocycles. The van der Waals surface area contributed by atoms with Crippen molar-refractivity contribution in [3.63, 3.8) is 0 Å². The number of allylic oxidation sites excluding steroid dienone is 4. The van der Waals surface area contributed by atoms with Crippen LogP contribution in [-0.2, 0) is 9.59 Å². The fourth-order valence-electron chi connectivity index (χ4n) is 9.94. The van der Waals surface area contributed by atoms with E-state index in [4.69, 9.17) is 4.98 Å². The van der Waals surface area contributed by atoms with Crippen LogP contribution in [0.15, 0.2) is 55.2 Å². The van der Waals surface area contributed by atoms with Gasteiger partial charge in [-0.05, 0) is 61.0 Å². The van der Waals surface area contributed by atoms with Crippen molar-refractivity contribution in [1.82, 2.24) is 14.9 Å². The molecular weight excluding hydrogens is 564 g/mol. The van der Waals surface area contributed by atoms with Crippen molar-refractivity contribution in [1.29, 1.82) is 0 Å². The van der Waals surface area contributed by atoms with Crippen LogP contribution in [0, 0.1) is 40.4 Å². The number of carbonyl (C=O) groups is 2. The van der Waals surface area contributed by atoms with Crippen LogP contribution >= 0.6 is 0 Å². The van der Waals surface area contributed by atoms with Gasteiger partial charge in [-0.15, -0.1) is 13.2 Å². The van der Waals surface area contributed by atoms with Gasteiger partial charge in [-0.2, -0.15) is 9.97 Å². The highest BCUT2D eigenvalue weighted by Gasteiger charge is 2.64. The van der Waals surface area contributed by atoms with Gasteiger partial charge < -0.3 is 20.6 Å². The van der Waals surface area contributed by atoms with Crippen molar-refractivity contribution in [2.24, 2.45) is 40.4 Å². The van der Waals surface area contributed by atoms with Crippen molar-refractivity contribution in [3.8, 4) is 0 Å². The molecular formula is C36H50N6O3. The standard InChI is InChI=1S/C36H50N6O3/c1-6-12-37-30-20-31(40-34(39-30)38-13-7-2)42-16-14-41(15-17-42)22-29(45)32-23(3)18-27-26-9-8-24-19-25(43)10-11-35(24,4)33(26)28(44)21-36(27,32)5/h6-7,10-11,19-20,23,26-28,32-33,44H,1-2,8-9,12-18,21-22H2,3-5H3,(H2,37,38,39,40)/t23-,26+,27+,28-,32-,33-,35+,36+/m1/s1. The Morgan fingerprint density at radius 2 is 1.87 bits per heavy atom. The van der Waals surface area contributed by atoms with Gasteiger partial charge in [0.2, 0.25) is 5.95 Å². The Morgan fingerprint density at radius 1 is 1.13 bits per heavy atom. The van der Waals surface area contributed by atoms with Crippen molar-refractivity contribution in [3.05, 3.63) is 55.2 Å². The molecule has 4 aliphatic carbocycles. The quantitative estimate of drug-likeness (QED) is 0.328. The van der Waals surface area contributed by atoms with Crippen molar-refractivity contribution in [2.75, 3.05) is 61.3 Å². The number of fused-ring (bicyclic) bond motifs is 5. The SMILES string of the molecule is C=CCNc1cc(N2CCN(CC(=O)[C@H]3[C@H](C)C[C@H]4[C@@H]5CCC6=CC(=O)C=C[C@]6(C)[C@H]5[C@H](O)C[C@@]43C)CC2)nc(NCC=C)n1. The van der Waals surface area contributed by atoms with Gasteiger partial charge in [-0.25, -0.2) is 0 Å². The van der Waals surface area contributed by atoms with Gasteiger partial charge in [-0.3, -0.25) is 14.5 Å². The predicted octanol–water partition coefficient (Wildman–Crippen LogP) is 4.50. The third kappa shape index (κ3) is 5.78. The van der Waals surface area contributed by atoms with Crippen LogP contribution in [0.4, 0.5) is 17.6 Å². The molecule has 3 saturated carbocycles. The number of aliphatic hydroxyl groups is 1. The maximum atomic E-state index is 14.2. The molecule has 9 nitrogen and oxygen atoms in total. The van der Waals surface area contributed by atoms with Gasteiger partial charge in [0.15, 0.2) is 11.6 Å². The fraction of sp³-hybridized carbons (Fsp3) is 0.611. The second-order valence-electron chi connectivity index (χ2n) is 14.5. The topological polar surface area (TPSA) is 111 Å². The average Bonchev–Trinajstić information content (AvgIpc) is 3.28. The van der Waals surface area contributed by atoms with E-state index in [9.17, 15) is 14.7 Å². The molecule has 242 valence electrons. The average molecular weight is 615 g/mol. The van der Waals surface area contributed by atoms with E-state index in [0.717, 1.165) is 57.1 Å². The summed E-state index contributed by atoms with van der Waals surface area (Å²) >= 11 is 0. The minimum Gasteiger partial charge on any atom is -0.393 e. The minimum atomic E-state index is -0.489. The molecule has 1 aromatic rings. The molecule has 0 bridgehead atoms. The third-order valence-electron chi connectivity index (χ3n) is 11.8. The first-order valence-corrected chi connectivity index (χ1v) is 16.8. The monoisotopic (exact) mass is 614 g/mol. The molecule has 0 amide bonds. The number of anilines is 3. The summed E-state index contributed by atoms with van der Waals surface area (Å²) in [6, 6.07) is 1.97. The number of ketones is 2. The number of rotatable bonds is 10. The zero-order chi connectivity index (χ0) is 31.9. The Labute approximate surface area is 267 Å². The van der Waals surface area contributed by atoms with Crippen LogP contribution in [0.2, 0.25) is 0 Å². The van der Waals surface area contributed by atoms with Gasteiger partial charge in [0.05, 0.1) is 12.6 Å². The van der Waals surface area contributed by atoms with E-state index in [1.54, 1.807) is 18.2 Å². The smallest absolute Gasteiger partial charge is 0.226 e. The number of Topliss-reactive ketones (excluding diaryl/α,β-unsaturated/α-hetero) is 1. The zero-order valence-electron chi connectivity index (χ0n) is 27.2. The Bertz CT molecular complexity index is 1370. The van der Waals surface area contributed by atoms with Gasteiger partial charge in [0.25, 0.3) is 0 Å². The first kappa shape index (κ1) is 31.7. The van der Waals surface area contributed by atoms with E-state index in [0.29, 0.717) is 49.6 Å². The van der Waals surface area contributed by atoms with Crippen molar-refractivity contribution >= 4 is 29.2 Å². The molecule has 9 heteroatoms. The highest BCUT2D eigenvalue weighted by atomic mass is 16.3. The molecule has 0 radical (unpaired) electrons. The number of carbonyl (C=O) groups excluding carboxylic acids is 2. The van der Waals surface area contributed by atoms with Crippen LogP contribution in [0.25, 0.3) is 0 Å². The second kappa shape index (κ2) is 12.5. The molecule has 5 aliphatic rings. The highest BCUT2D eigenvalue weighted by molar-refractivity contribution is 6.01. The Morgan fingerprint density at radius 3 is 2.60 bits per heavy atom. The molecule has 3 N–H and O–H groups in total. The number of hydrogen-bond donors (Lipinski definition) is 3. The molecule has 0 aromatic carbocycles. The van der Waals surface area contributed by atoms with Crippen LogP contribution in [0.1, 0.15) is 46.5 Å². The lowest BCUT2D eigenvalue weighted by Crippen LogP contribution is -2.57. The molecule has 0 spiro atoms. The van der Waals surface area contributed by atoms with E-state index < -0.39 is 6.10 Å².